The number of rotatable bonds is 3. The molecule has 1 unspecified atom stereocenters. The van der Waals surface area contributed by atoms with E-state index in [4.69, 9.17) is 0 Å². The van der Waals surface area contributed by atoms with Crippen LogP contribution >= 0.6 is 7.37 Å². The predicted octanol–water partition coefficient (Wildman–Crippen LogP) is 2.43. The molecule has 0 aromatic heterocycles. The molecule has 0 bridgehead atoms. The molecule has 2 rings (SSSR count). The van der Waals surface area contributed by atoms with E-state index in [2.05, 4.69) is 0 Å². The van der Waals surface area contributed by atoms with Gasteiger partial charge in [-0.3, -0.25) is 9.36 Å². The Morgan fingerprint density at radius 1 is 1.00 bits per heavy atom. The molecule has 0 radical (unpaired) electrons. The van der Waals surface area contributed by atoms with E-state index < -0.39 is 12.9 Å². The molecule has 2 aromatic carbocycles. The monoisotopic (exact) mass is 314 g/mol. The standard InChI is InChI=1S/C16H17O3P.Mg.2H/c1-11-9-12(2)15(13(3)10-11)16(17)20(18,19)14-7-5-4-6-8-14;;;/h4-10H,1-3H3,(H,18,19);;;. The van der Waals surface area contributed by atoms with E-state index in [1.807, 2.05) is 19.1 Å². The van der Waals surface area contributed by atoms with Crippen molar-refractivity contribution in [2.75, 3.05) is 0 Å². The topological polar surface area (TPSA) is 54.4 Å². The average Bonchev–Trinajstić information content (AvgIpc) is 2.38. The van der Waals surface area contributed by atoms with E-state index in [1.165, 1.54) is 12.1 Å². The van der Waals surface area contributed by atoms with Crippen molar-refractivity contribution in [1.29, 1.82) is 0 Å². The van der Waals surface area contributed by atoms with Crippen molar-refractivity contribution in [3.8, 4) is 0 Å². The van der Waals surface area contributed by atoms with Gasteiger partial charge in [0, 0.05) is 10.9 Å². The maximum Gasteiger partial charge on any atom is 0.316 e. The fourth-order valence-corrected chi connectivity index (χ4v) is 3.88. The van der Waals surface area contributed by atoms with Crippen LogP contribution in [0.25, 0.3) is 0 Å². The first-order valence-electron chi connectivity index (χ1n) is 6.35. The van der Waals surface area contributed by atoms with Crippen LogP contribution in [0.2, 0.25) is 0 Å². The summed E-state index contributed by atoms with van der Waals surface area (Å²) in [6.45, 7) is 5.51. The SMILES string of the molecule is Cc1cc(C)c(C(=O)P(=O)(O)c2ccccc2)c(C)c1.[MgH2]. The summed E-state index contributed by atoms with van der Waals surface area (Å²) in [5, 5.41) is 0.171. The molecule has 3 nitrogen and oxygen atoms in total. The van der Waals surface area contributed by atoms with Crippen LogP contribution in [0, 0.1) is 20.8 Å². The minimum Gasteiger partial charge on any atom is -0.336 e. The second-order valence-corrected chi connectivity index (χ2v) is 7.07. The largest absolute Gasteiger partial charge is 0.336 e. The van der Waals surface area contributed by atoms with Crippen molar-refractivity contribution in [3.63, 3.8) is 0 Å². The van der Waals surface area contributed by atoms with Crippen LogP contribution in [-0.4, -0.2) is 33.5 Å². The first kappa shape index (κ1) is 18.1. The highest BCUT2D eigenvalue weighted by atomic mass is 31.2. The van der Waals surface area contributed by atoms with Gasteiger partial charge in [0.25, 0.3) is 12.9 Å². The number of hydrogen-bond acceptors (Lipinski definition) is 2. The fraction of sp³-hybridized carbons (Fsp3) is 0.188. The lowest BCUT2D eigenvalue weighted by Gasteiger charge is -2.15. The van der Waals surface area contributed by atoms with Crippen molar-refractivity contribution in [2.24, 2.45) is 0 Å². The van der Waals surface area contributed by atoms with Gasteiger partial charge in [0.1, 0.15) is 0 Å². The quantitative estimate of drug-likeness (QED) is 0.699. The van der Waals surface area contributed by atoms with E-state index >= 15 is 0 Å². The van der Waals surface area contributed by atoms with Crippen molar-refractivity contribution in [3.05, 3.63) is 64.7 Å². The summed E-state index contributed by atoms with van der Waals surface area (Å²) in [5.74, 6) is 0. The van der Waals surface area contributed by atoms with E-state index in [1.54, 1.807) is 32.0 Å². The van der Waals surface area contributed by atoms with Crippen LogP contribution in [0.4, 0.5) is 0 Å². The Hall–Kier alpha value is -0.934. The Morgan fingerprint density at radius 3 is 1.95 bits per heavy atom. The zero-order valence-electron chi connectivity index (χ0n) is 11.8. The Balaban J connectivity index is 0.00000220. The summed E-state index contributed by atoms with van der Waals surface area (Å²) >= 11 is 0. The van der Waals surface area contributed by atoms with Gasteiger partial charge in [-0.25, -0.2) is 0 Å². The molecular formula is C16H19MgO3P. The lowest BCUT2D eigenvalue weighted by atomic mass is 10.0. The smallest absolute Gasteiger partial charge is 0.316 e. The summed E-state index contributed by atoms with van der Waals surface area (Å²) in [4.78, 5) is 22.7. The van der Waals surface area contributed by atoms with Gasteiger partial charge in [0.2, 0.25) is 0 Å². The van der Waals surface area contributed by atoms with Crippen molar-refractivity contribution < 1.29 is 14.3 Å². The normalized spacial score (nSPS) is 13.1. The number of hydrogen-bond donors (Lipinski definition) is 1. The minimum absolute atomic E-state index is 0. The molecular weight excluding hydrogens is 295 g/mol. The average molecular weight is 315 g/mol. The summed E-state index contributed by atoms with van der Waals surface area (Å²) < 4.78 is 12.5. The predicted molar refractivity (Wildman–Crippen MR) is 89.4 cm³/mol. The van der Waals surface area contributed by atoms with Gasteiger partial charge in [0.05, 0.1) is 0 Å². The van der Waals surface area contributed by atoms with Gasteiger partial charge in [-0.2, -0.15) is 0 Å². The van der Waals surface area contributed by atoms with Crippen LogP contribution in [0.3, 0.4) is 0 Å². The van der Waals surface area contributed by atoms with Gasteiger partial charge in [-0.1, -0.05) is 35.9 Å². The van der Waals surface area contributed by atoms with E-state index in [0.29, 0.717) is 5.56 Å². The zero-order chi connectivity index (χ0) is 14.9. The number of carbonyl (C=O) groups excluding carboxylic acids is 1. The summed E-state index contributed by atoms with van der Waals surface area (Å²) in [6.07, 6.45) is 0. The number of benzene rings is 2. The van der Waals surface area contributed by atoms with Crippen molar-refractivity contribution >= 4 is 41.3 Å². The van der Waals surface area contributed by atoms with Crippen LogP contribution in [0.15, 0.2) is 42.5 Å². The van der Waals surface area contributed by atoms with Gasteiger partial charge < -0.3 is 4.89 Å². The summed E-state index contributed by atoms with van der Waals surface area (Å²) in [6, 6.07) is 11.8. The molecule has 0 aliphatic carbocycles. The molecule has 0 aliphatic rings. The van der Waals surface area contributed by atoms with Crippen LogP contribution in [0.5, 0.6) is 0 Å². The Bertz CT molecular complexity index is 688. The molecule has 1 N–H and O–H groups in total. The molecule has 0 saturated heterocycles. The zero-order valence-corrected chi connectivity index (χ0v) is 12.6. The second kappa shape index (κ2) is 6.88. The van der Waals surface area contributed by atoms with Crippen LogP contribution in [-0.2, 0) is 4.57 Å². The highest BCUT2D eigenvalue weighted by Crippen LogP contribution is 2.44. The Morgan fingerprint density at radius 2 is 1.48 bits per heavy atom. The number of aryl methyl sites for hydroxylation is 3. The van der Waals surface area contributed by atoms with Crippen molar-refractivity contribution in [2.45, 2.75) is 20.8 Å². The third-order valence-electron chi connectivity index (χ3n) is 3.27. The van der Waals surface area contributed by atoms with Crippen LogP contribution in [0.1, 0.15) is 27.0 Å². The highest BCUT2D eigenvalue weighted by molar-refractivity contribution is 7.82. The molecule has 0 spiro atoms. The molecule has 0 heterocycles. The molecule has 0 fully saturated rings. The molecule has 0 aliphatic heterocycles. The van der Waals surface area contributed by atoms with Gasteiger partial charge >= 0.3 is 23.1 Å². The molecule has 1 atom stereocenters. The molecule has 108 valence electrons. The van der Waals surface area contributed by atoms with Gasteiger partial charge in [-0.05, 0) is 44.0 Å². The van der Waals surface area contributed by atoms with E-state index in [0.717, 1.165) is 16.7 Å². The molecule has 0 amide bonds. The second-order valence-electron chi connectivity index (χ2n) is 4.99. The molecule has 2 aromatic rings. The summed E-state index contributed by atoms with van der Waals surface area (Å²) in [5.41, 5.74) is 2.16. The minimum atomic E-state index is -4.07. The lowest BCUT2D eigenvalue weighted by Crippen LogP contribution is -2.14. The first-order chi connectivity index (χ1) is 9.34. The fourth-order valence-electron chi connectivity index (χ4n) is 2.42. The van der Waals surface area contributed by atoms with E-state index in [-0.39, 0.29) is 28.4 Å². The maximum atomic E-state index is 12.5. The first-order valence-corrected chi connectivity index (χ1v) is 8.01. The molecule has 0 saturated carbocycles. The Labute approximate surface area is 141 Å². The molecule has 5 heteroatoms. The lowest BCUT2D eigenvalue weighted by molar-refractivity contribution is 0.106. The third kappa shape index (κ3) is 3.64. The number of carbonyl (C=O) groups is 1. The third-order valence-corrected chi connectivity index (χ3v) is 5.04. The summed E-state index contributed by atoms with van der Waals surface area (Å²) in [7, 11) is -4.07. The highest BCUT2D eigenvalue weighted by Gasteiger charge is 2.33. The Kier molecular flexibility index (Phi) is 5.94. The van der Waals surface area contributed by atoms with Gasteiger partial charge in [0.15, 0.2) is 0 Å². The van der Waals surface area contributed by atoms with Gasteiger partial charge in [-0.15, -0.1) is 0 Å². The van der Waals surface area contributed by atoms with Crippen LogP contribution < -0.4 is 5.30 Å². The molecule has 21 heavy (non-hydrogen) atoms. The van der Waals surface area contributed by atoms with E-state index in [9.17, 15) is 14.3 Å². The van der Waals surface area contributed by atoms with Crippen molar-refractivity contribution in [1.82, 2.24) is 0 Å². The maximum absolute atomic E-state index is 12.5.